The summed E-state index contributed by atoms with van der Waals surface area (Å²) in [4.78, 5) is 8.58. The maximum Gasteiger partial charge on any atom is 0.281 e. The van der Waals surface area contributed by atoms with Crippen molar-refractivity contribution in [1.29, 1.82) is 0 Å². The molecular formula is C18H18N2O2S. The minimum atomic E-state index is 0.608. The van der Waals surface area contributed by atoms with Gasteiger partial charge < -0.3 is 9.47 Å². The topological polar surface area (TPSA) is 44.2 Å². The number of aromatic nitrogens is 2. The molecule has 1 fully saturated rings. The van der Waals surface area contributed by atoms with Crippen LogP contribution in [-0.4, -0.2) is 16.6 Å². The molecule has 1 saturated carbocycles. The Morgan fingerprint density at radius 2 is 1.91 bits per heavy atom. The summed E-state index contributed by atoms with van der Waals surface area (Å²) in [5, 5.41) is 0.608. The molecule has 0 atom stereocenters. The molecule has 1 aliphatic carbocycles. The SMILES string of the molecule is c1cnc2nc(Oc3ccc(OCCCC4CC4)cc3)sc2c1. The zero-order valence-corrected chi connectivity index (χ0v) is 13.6. The first kappa shape index (κ1) is 14.5. The molecular weight excluding hydrogens is 308 g/mol. The summed E-state index contributed by atoms with van der Waals surface area (Å²) in [7, 11) is 0. The summed E-state index contributed by atoms with van der Waals surface area (Å²) in [6, 6.07) is 11.6. The molecule has 0 spiro atoms. The third-order valence-corrected chi connectivity index (χ3v) is 4.78. The quantitative estimate of drug-likeness (QED) is 0.570. The second-order valence-corrected chi connectivity index (χ2v) is 6.81. The fraction of sp³-hybridized carbons (Fsp3) is 0.333. The normalized spacial score (nSPS) is 14.1. The number of thiazole rings is 1. The maximum atomic E-state index is 5.80. The highest BCUT2D eigenvalue weighted by molar-refractivity contribution is 7.20. The van der Waals surface area contributed by atoms with Gasteiger partial charge in [0.15, 0.2) is 5.65 Å². The predicted octanol–water partition coefficient (Wildman–Crippen LogP) is 5.05. The molecule has 0 aliphatic heterocycles. The van der Waals surface area contributed by atoms with Gasteiger partial charge in [0.05, 0.1) is 11.3 Å². The highest BCUT2D eigenvalue weighted by atomic mass is 32.1. The lowest BCUT2D eigenvalue weighted by molar-refractivity contribution is 0.303. The molecule has 0 saturated heterocycles. The Morgan fingerprint density at radius 1 is 1.09 bits per heavy atom. The molecule has 118 valence electrons. The van der Waals surface area contributed by atoms with Crippen molar-refractivity contribution < 1.29 is 9.47 Å². The van der Waals surface area contributed by atoms with Crippen molar-refractivity contribution in [1.82, 2.24) is 9.97 Å². The van der Waals surface area contributed by atoms with E-state index in [0.29, 0.717) is 5.19 Å². The van der Waals surface area contributed by atoms with E-state index >= 15 is 0 Å². The number of rotatable bonds is 7. The van der Waals surface area contributed by atoms with E-state index in [-0.39, 0.29) is 0 Å². The van der Waals surface area contributed by atoms with Crippen molar-refractivity contribution in [3.05, 3.63) is 42.6 Å². The predicted molar refractivity (Wildman–Crippen MR) is 91.4 cm³/mol. The number of ether oxygens (including phenoxy) is 2. The summed E-state index contributed by atoms with van der Waals surface area (Å²) in [5.74, 6) is 2.62. The number of benzene rings is 1. The van der Waals surface area contributed by atoms with Gasteiger partial charge in [0.1, 0.15) is 11.5 Å². The van der Waals surface area contributed by atoms with E-state index in [4.69, 9.17) is 9.47 Å². The first-order valence-electron chi connectivity index (χ1n) is 7.99. The smallest absolute Gasteiger partial charge is 0.281 e. The first-order chi connectivity index (χ1) is 11.4. The van der Waals surface area contributed by atoms with E-state index in [1.54, 1.807) is 6.20 Å². The molecule has 0 bridgehead atoms. The van der Waals surface area contributed by atoms with Gasteiger partial charge >= 0.3 is 0 Å². The van der Waals surface area contributed by atoms with Gasteiger partial charge in [0, 0.05) is 6.20 Å². The maximum absolute atomic E-state index is 5.80. The van der Waals surface area contributed by atoms with E-state index < -0.39 is 0 Å². The van der Waals surface area contributed by atoms with E-state index in [1.165, 1.54) is 30.6 Å². The Hall–Kier alpha value is -2.14. The number of pyridine rings is 1. The zero-order chi connectivity index (χ0) is 15.5. The van der Waals surface area contributed by atoms with Crippen LogP contribution in [0.4, 0.5) is 0 Å². The van der Waals surface area contributed by atoms with Crippen molar-refractivity contribution in [2.45, 2.75) is 25.7 Å². The van der Waals surface area contributed by atoms with E-state index in [2.05, 4.69) is 9.97 Å². The fourth-order valence-electron chi connectivity index (χ4n) is 2.47. The van der Waals surface area contributed by atoms with Gasteiger partial charge in [-0.15, -0.1) is 0 Å². The van der Waals surface area contributed by atoms with Crippen LogP contribution >= 0.6 is 11.3 Å². The van der Waals surface area contributed by atoms with Gasteiger partial charge in [-0.3, -0.25) is 0 Å². The summed E-state index contributed by atoms with van der Waals surface area (Å²) in [6.45, 7) is 0.792. The highest BCUT2D eigenvalue weighted by Crippen LogP contribution is 2.33. The average molecular weight is 326 g/mol. The lowest BCUT2D eigenvalue weighted by atomic mass is 10.2. The van der Waals surface area contributed by atoms with E-state index in [1.807, 2.05) is 36.4 Å². The van der Waals surface area contributed by atoms with Gasteiger partial charge in [0.25, 0.3) is 5.19 Å². The van der Waals surface area contributed by atoms with Gasteiger partial charge in [0.2, 0.25) is 0 Å². The standard InChI is InChI=1S/C18H18N2O2S/c1-4-16-17(19-11-1)20-18(23-16)22-15-9-7-14(8-10-15)21-12-2-3-13-5-6-13/h1,4,7-11,13H,2-3,5-6,12H2. The average Bonchev–Trinajstić information content (AvgIpc) is 3.31. The zero-order valence-electron chi connectivity index (χ0n) is 12.8. The van der Waals surface area contributed by atoms with Crippen molar-refractivity contribution in [2.24, 2.45) is 5.92 Å². The van der Waals surface area contributed by atoms with Crippen molar-refractivity contribution in [3.63, 3.8) is 0 Å². The van der Waals surface area contributed by atoms with Crippen molar-refractivity contribution in [2.75, 3.05) is 6.61 Å². The second kappa shape index (κ2) is 6.54. The van der Waals surface area contributed by atoms with Crippen LogP contribution in [-0.2, 0) is 0 Å². The van der Waals surface area contributed by atoms with Crippen LogP contribution in [0.5, 0.6) is 16.7 Å². The molecule has 2 aromatic heterocycles. The summed E-state index contributed by atoms with van der Waals surface area (Å²) in [5.41, 5.74) is 0.725. The van der Waals surface area contributed by atoms with Crippen LogP contribution in [0.15, 0.2) is 42.6 Å². The molecule has 23 heavy (non-hydrogen) atoms. The van der Waals surface area contributed by atoms with Gasteiger partial charge in [-0.1, -0.05) is 24.2 Å². The lowest BCUT2D eigenvalue weighted by Crippen LogP contribution is -1.97. The van der Waals surface area contributed by atoms with E-state index in [0.717, 1.165) is 40.8 Å². The van der Waals surface area contributed by atoms with Crippen LogP contribution in [0.2, 0.25) is 0 Å². The van der Waals surface area contributed by atoms with Crippen molar-refractivity contribution >= 4 is 21.7 Å². The highest BCUT2D eigenvalue weighted by Gasteiger charge is 2.20. The third kappa shape index (κ3) is 3.79. The van der Waals surface area contributed by atoms with Crippen LogP contribution in [0.3, 0.4) is 0 Å². The molecule has 5 heteroatoms. The van der Waals surface area contributed by atoms with Crippen LogP contribution in [0.25, 0.3) is 10.3 Å². The van der Waals surface area contributed by atoms with E-state index in [9.17, 15) is 0 Å². The summed E-state index contributed by atoms with van der Waals surface area (Å²) in [6.07, 6.45) is 7.00. The Labute approximate surface area is 139 Å². The Morgan fingerprint density at radius 3 is 2.70 bits per heavy atom. The first-order valence-corrected chi connectivity index (χ1v) is 8.81. The molecule has 4 nitrogen and oxygen atoms in total. The molecule has 1 aliphatic rings. The fourth-order valence-corrected chi connectivity index (χ4v) is 3.26. The summed E-state index contributed by atoms with van der Waals surface area (Å²) < 4.78 is 12.6. The minimum absolute atomic E-state index is 0.608. The molecule has 2 heterocycles. The molecule has 3 aromatic rings. The van der Waals surface area contributed by atoms with Crippen molar-refractivity contribution in [3.8, 4) is 16.7 Å². The molecule has 1 aromatic carbocycles. The number of fused-ring (bicyclic) bond motifs is 1. The van der Waals surface area contributed by atoms with Gasteiger partial charge in [-0.2, -0.15) is 4.98 Å². The van der Waals surface area contributed by atoms with Crippen LogP contribution < -0.4 is 9.47 Å². The minimum Gasteiger partial charge on any atom is -0.494 e. The van der Waals surface area contributed by atoms with Crippen LogP contribution in [0, 0.1) is 5.92 Å². The molecule has 0 amide bonds. The molecule has 4 rings (SSSR count). The number of hydrogen-bond donors (Lipinski definition) is 0. The second-order valence-electron chi connectivity index (χ2n) is 5.81. The number of nitrogens with zero attached hydrogens (tertiary/aromatic N) is 2. The lowest BCUT2D eigenvalue weighted by Gasteiger charge is -2.07. The Kier molecular flexibility index (Phi) is 4.11. The monoisotopic (exact) mass is 326 g/mol. The molecule has 0 radical (unpaired) electrons. The summed E-state index contributed by atoms with van der Waals surface area (Å²) >= 11 is 1.49. The number of hydrogen-bond acceptors (Lipinski definition) is 5. The van der Waals surface area contributed by atoms with Gasteiger partial charge in [-0.25, -0.2) is 4.98 Å². The largest absolute Gasteiger partial charge is 0.494 e. The van der Waals surface area contributed by atoms with Gasteiger partial charge in [-0.05, 0) is 55.2 Å². The molecule has 0 unspecified atom stereocenters. The van der Waals surface area contributed by atoms with Crippen LogP contribution in [0.1, 0.15) is 25.7 Å². The Balaban J connectivity index is 1.33. The Bertz CT molecular complexity index is 748. The molecule has 0 N–H and O–H groups in total. The third-order valence-electron chi connectivity index (χ3n) is 3.90.